The number of benzene rings is 2. The van der Waals surface area contributed by atoms with Crippen LogP contribution in [0, 0.1) is 0 Å². The van der Waals surface area contributed by atoms with Crippen molar-refractivity contribution in [2.24, 2.45) is 0 Å². The predicted molar refractivity (Wildman–Crippen MR) is 144 cm³/mol. The van der Waals surface area contributed by atoms with Gasteiger partial charge < -0.3 is 10.4 Å². The Kier molecular flexibility index (Phi) is 7.68. The largest absolute Gasteiger partial charge is 0.509 e. The van der Waals surface area contributed by atoms with Gasteiger partial charge in [0.2, 0.25) is 0 Å². The molecule has 7 nitrogen and oxygen atoms in total. The summed E-state index contributed by atoms with van der Waals surface area (Å²) < 4.78 is 79.8. The van der Waals surface area contributed by atoms with E-state index in [1.54, 1.807) is 36.2 Å². The number of hydrogen-bond donors (Lipinski definition) is 2. The minimum absolute atomic E-state index is 0.0157. The van der Waals surface area contributed by atoms with Crippen molar-refractivity contribution in [3.05, 3.63) is 94.0 Å². The lowest BCUT2D eigenvalue weighted by molar-refractivity contribution is -0.160. The van der Waals surface area contributed by atoms with E-state index in [2.05, 4.69) is 10.3 Å². The summed E-state index contributed by atoms with van der Waals surface area (Å²) in [4.78, 5) is 30.7. The van der Waals surface area contributed by atoms with Crippen LogP contribution in [0.1, 0.15) is 36.6 Å². The summed E-state index contributed by atoms with van der Waals surface area (Å²) in [5.74, 6) is -2.45. The molecule has 1 atom stereocenters. The Bertz CT molecular complexity index is 1620. The van der Waals surface area contributed by atoms with E-state index >= 15 is 0 Å². The highest BCUT2D eigenvalue weighted by atomic mass is 35.5. The fourth-order valence-corrected chi connectivity index (χ4v) is 5.54. The van der Waals surface area contributed by atoms with Crippen LogP contribution in [0.4, 0.5) is 32.0 Å². The maximum atomic E-state index is 13.7. The summed E-state index contributed by atoms with van der Waals surface area (Å²) in [6, 6.07) is 10.5. The van der Waals surface area contributed by atoms with E-state index in [-0.39, 0.29) is 23.4 Å². The van der Waals surface area contributed by atoms with Crippen molar-refractivity contribution in [1.29, 1.82) is 0 Å². The zero-order valence-corrected chi connectivity index (χ0v) is 23.1. The van der Waals surface area contributed by atoms with Gasteiger partial charge in [-0.3, -0.25) is 19.6 Å². The fourth-order valence-electron chi connectivity index (χ4n) is 5.33. The minimum atomic E-state index is -4.81. The molecule has 2 N–H and O–H groups in total. The van der Waals surface area contributed by atoms with Crippen molar-refractivity contribution in [3.63, 3.8) is 0 Å². The van der Waals surface area contributed by atoms with Gasteiger partial charge in [-0.2, -0.15) is 26.3 Å². The number of pyridine rings is 1. The molecule has 2 aromatic carbocycles. The molecule has 43 heavy (non-hydrogen) atoms. The zero-order valence-electron chi connectivity index (χ0n) is 22.4. The number of aliphatic hydroxyl groups is 1. The number of nitrogens with one attached hydrogen (secondary N) is 1. The number of anilines is 1. The molecule has 0 bridgehead atoms. The average Bonchev–Trinajstić information content (AvgIpc) is 3.33. The number of amides is 2. The number of alkyl halides is 6. The molecule has 1 fully saturated rings. The SMILES string of the molecule is C[C@]12CCCN1N(Cc1cccc(Cl)c1)C(=O)C(C(=O)Nc1ccc(C(F)(F)F)cc1-c1ccc(C(F)(F)F)nc1)=C2O. The zero-order chi connectivity index (χ0) is 31.3. The number of aromatic nitrogens is 1. The molecular formula is C29H23ClF6N4O3. The van der Waals surface area contributed by atoms with Gasteiger partial charge in [0, 0.05) is 34.6 Å². The van der Waals surface area contributed by atoms with E-state index in [0.29, 0.717) is 48.2 Å². The van der Waals surface area contributed by atoms with Gasteiger partial charge in [-0.25, -0.2) is 5.01 Å². The summed E-state index contributed by atoms with van der Waals surface area (Å²) in [6.45, 7) is 2.09. The number of hydrogen-bond acceptors (Lipinski definition) is 5. The van der Waals surface area contributed by atoms with Crippen LogP contribution >= 0.6 is 11.6 Å². The lowest BCUT2D eigenvalue weighted by Gasteiger charge is -2.46. The van der Waals surface area contributed by atoms with Gasteiger partial charge in [-0.15, -0.1) is 0 Å². The molecule has 0 spiro atoms. The predicted octanol–water partition coefficient (Wildman–Crippen LogP) is 7.00. The number of carbonyl (C=O) groups is 2. The molecule has 3 heterocycles. The molecular weight excluding hydrogens is 602 g/mol. The highest BCUT2D eigenvalue weighted by Gasteiger charge is 2.52. The first-order chi connectivity index (χ1) is 20.1. The van der Waals surface area contributed by atoms with Gasteiger partial charge in [0.15, 0.2) is 0 Å². The number of rotatable bonds is 5. The second-order valence-electron chi connectivity index (χ2n) is 10.4. The lowest BCUT2D eigenvalue weighted by atomic mass is 9.90. The Morgan fingerprint density at radius 2 is 1.81 bits per heavy atom. The summed E-state index contributed by atoms with van der Waals surface area (Å²) in [7, 11) is 0. The Morgan fingerprint density at radius 1 is 1.07 bits per heavy atom. The van der Waals surface area contributed by atoms with Crippen LogP contribution in [-0.4, -0.2) is 44.0 Å². The Morgan fingerprint density at radius 3 is 2.44 bits per heavy atom. The molecule has 1 aromatic heterocycles. The van der Waals surface area contributed by atoms with Gasteiger partial charge in [0.1, 0.15) is 17.0 Å². The second-order valence-corrected chi connectivity index (χ2v) is 10.8. The smallest absolute Gasteiger partial charge is 0.433 e. The van der Waals surface area contributed by atoms with Crippen molar-refractivity contribution in [2.75, 3.05) is 11.9 Å². The van der Waals surface area contributed by atoms with Gasteiger partial charge >= 0.3 is 12.4 Å². The lowest BCUT2D eigenvalue weighted by Crippen LogP contribution is -2.60. The highest BCUT2D eigenvalue weighted by molar-refractivity contribution is 6.30. The Balaban J connectivity index is 1.54. The van der Waals surface area contributed by atoms with Gasteiger partial charge in [-0.1, -0.05) is 29.8 Å². The van der Waals surface area contributed by atoms with Gasteiger partial charge in [0.25, 0.3) is 11.8 Å². The third-order valence-electron chi connectivity index (χ3n) is 7.50. The van der Waals surface area contributed by atoms with Crippen LogP contribution in [0.15, 0.2) is 72.1 Å². The maximum absolute atomic E-state index is 13.7. The monoisotopic (exact) mass is 624 g/mol. The van der Waals surface area contributed by atoms with E-state index in [4.69, 9.17) is 11.6 Å². The molecule has 5 rings (SSSR count). The molecule has 0 unspecified atom stereocenters. The molecule has 0 radical (unpaired) electrons. The maximum Gasteiger partial charge on any atom is 0.433 e. The number of nitrogens with zero attached hydrogens (tertiary/aromatic N) is 3. The summed E-state index contributed by atoms with van der Waals surface area (Å²) in [6.07, 6.45) is -7.86. The summed E-state index contributed by atoms with van der Waals surface area (Å²) in [5, 5.41) is 17.0. The van der Waals surface area contributed by atoms with Crippen molar-refractivity contribution in [3.8, 4) is 11.1 Å². The van der Waals surface area contributed by atoms with Crippen LogP contribution in [0.3, 0.4) is 0 Å². The number of aliphatic hydroxyl groups excluding tert-OH is 1. The van der Waals surface area contributed by atoms with Crippen LogP contribution in [0.2, 0.25) is 5.02 Å². The molecule has 14 heteroatoms. The van der Waals surface area contributed by atoms with Crippen molar-refractivity contribution >= 4 is 29.1 Å². The van der Waals surface area contributed by atoms with Crippen LogP contribution < -0.4 is 5.32 Å². The molecule has 0 saturated carbocycles. The molecule has 226 valence electrons. The third-order valence-corrected chi connectivity index (χ3v) is 7.73. The fraction of sp³-hybridized carbons (Fsp3) is 0.276. The van der Waals surface area contributed by atoms with Crippen molar-refractivity contribution < 1.29 is 41.0 Å². The highest BCUT2D eigenvalue weighted by Crippen LogP contribution is 2.43. The first-order valence-corrected chi connectivity index (χ1v) is 13.3. The van der Waals surface area contributed by atoms with Crippen LogP contribution in [0.5, 0.6) is 0 Å². The standard InChI is InChI=1S/C29H23ClF6N4O3/c1-27-10-3-11-40(27)39(15-16-4-2-5-19(30)12-16)26(43)23(24(27)41)25(42)38-21-8-7-18(28(31,32)33)13-20(21)17-6-9-22(37-14-17)29(34,35)36/h2,4-9,12-14,41H,3,10-11,15H2,1H3,(H,38,42)/t27-/m1/s1. The number of carbonyl (C=O) groups excluding carboxylic acids is 2. The average molecular weight is 625 g/mol. The Labute approximate surface area is 246 Å². The molecule has 0 aliphatic carbocycles. The van der Waals surface area contributed by atoms with E-state index < -0.39 is 52.3 Å². The first-order valence-electron chi connectivity index (χ1n) is 12.9. The van der Waals surface area contributed by atoms with Crippen molar-refractivity contribution in [2.45, 2.75) is 44.2 Å². The van der Waals surface area contributed by atoms with Crippen molar-refractivity contribution in [1.82, 2.24) is 15.0 Å². The third kappa shape index (κ3) is 5.78. The molecule has 3 aromatic rings. The van der Waals surface area contributed by atoms with Gasteiger partial charge in [-0.05, 0) is 61.7 Å². The normalized spacial score (nSPS) is 19.5. The first kappa shape index (κ1) is 30.4. The van der Waals surface area contributed by atoms with E-state index in [1.807, 2.05) is 0 Å². The van der Waals surface area contributed by atoms with Crippen LogP contribution in [-0.2, 0) is 28.5 Å². The Hall–Kier alpha value is -4.10. The van der Waals surface area contributed by atoms with Crippen LogP contribution in [0.25, 0.3) is 11.1 Å². The minimum Gasteiger partial charge on any atom is -0.509 e. The second kappa shape index (κ2) is 10.9. The number of halogens is 7. The van der Waals surface area contributed by atoms with E-state index in [1.165, 1.54) is 5.01 Å². The van der Waals surface area contributed by atoms with E-state index in [0.717, 1.165) is 18.3 Å². The summed E-state index contributed by atoms with van der Waals surface area (Å²) >= 11 is 6.10. The molecule has 1 saturated heterocycles. The summed E-state index contributed by atoms with van der Waals surface area (Å²) in [5.41, 5.74) is -4.16. The molecule has 2 aliphatic heterocycles. The quantitative estimate of drug-likeness (QED) is 0.236. The number of fused-ring (bicyclic) bond motifs is 1. The van der Waals surface area contributed by atoms with Gasteiger partial charge in [0.05, 0.1) is 17.6 Å². The molecule has 2 amide bonds. The topological polar surface area (TPSA) is 85.8 Å². The van der Waals surface area contributed by atoms with E-state index in [9.17, 15) is 41.0 Å². The number of hydrazine groups is 1. The molecule has 2 aliphatic rings.